The molecule has 3 nitrogen and oxygen atoms in total. The Balaban J connectivity index is 1.92. The molecule has 0 spiro atoms. The highest BCUT2D eigenvalue weighted by atomic mass is 16.5. The van der Waals surface area contributed by atoms with Gasteiger partial charge in [-0.15, -0.1) is 0 Å². The van der Waals surface area contributed by atoms with Crippen molar-refractivity contribution in [1.29, 1.82) is 0 Å². The molecule has 0 aliphatic rings. The van der Waals surface area contributed by atoms with Crippen LogP contribution in [0.4, 0.5) is 0 Å². The Morgan fingerprint density at radius 3 is 1.85 bits per heavy atom. The minimum atomic E-state index is -0.386. The summed E-state index contributed by atoms with van der Waals surface area (Å²) in [6, 6.07) is 16.9. The second kappa shape index (κ2) is 10.8. The van der Waals surface area contributed by atoms with E-state index in [2.05, 4.69) is 56.1 Å². The number of hydrogen-bond donors (Lipinski definition) is 0. The van der Waals surface area contributed by atoms with Gasteiger partial charge in [-0.05, 0) is 34.8 Å². The van der Waals surface area contributed by atoms with Crippen LogP contribution in [0.25, 0.3) is 0 Å². The molecule has 2 rings (SSSR count). The molecule has 0 unspecified atom stereocenters. The van der Waals surface area contributed by atoms with Crippen LogP contribution in [0.3, 0.4) is 0 Å². The first-order valence-corrected chi connectivity index (χ1v) is 8.99. The Kier molecular flexibility index (Phi) is 8.11. The molecule has 140 valence electrons. The molecular weight excluding hydrogens is 336 g/mol. The topological polar surface area (TPSA) is 35.5 Å². The Labute approximate surface area is 161 Å². The molecule has 0 N–H and O–H groups in total. The van der Waals surface area contributed by atoms with Crippen molar-refractivity contribution in [2.75, 3.05) is 13.2 Å². The summed E-state index contributed by atoms with van der Waals surface area (Å²) in [6.45, 7) is 11.7. The summed E-state index contributed by atoms with van der Waals surface area (Å²) < 4.78 is 10.5. The molecule has 2 aromatic carbocycles. The van der Waals surface area contributed by atoms with Gasteiger partial charge in [0, 0.05) is 18.9 Å². The second-order valence-corrected chi connectivity index (χ2v) is 6.21. The van der Waals surface area contributed by atoms with Gasteiger partial charge < -0.3 is 9.47 Å². The third kappa shape index (κ3) is 7.37. The quantitative estimate of drug-likeness (QED) is 0.249. The van der Waals surface area contributed by atoms with E-state index < -0.39 is 0 Å². The number of esters is 1. The van der Waals surface area contributed by atoms with Gasteiger partial charge in [-0.3, -0.25) is 0 Å². The van der Waals surface area contributed by atoms with E-state index in [4.69, 9.17) is 9.47 Å². The number of carbonyl (C=O) groups excluding carboxylic acids is 1. The van der Waals surface area contributed by atoms with Gasteiger partial charge >= 0.3 is 5.97 Å². The molecule has 0 saturated carbocycles. The van der Waals surface area contributed by atoms with Gasteiger partial charge in [0.15, 0.2) is 0 Å². The van der Waals surface area contributed by atoms with Crippen LogP contribution in [0.15, 0.2) is 86.2 Å². The van der Waals surface area contributed by atoms with E-state index in [0.29, 0.717) is 25.4 Å². The van der Waals surface area contributed by atoms with Crippen molar-refractivity contribution >= 4 is 5.97 Å². The molecule has 0 aliphatic heterocycles. The van der Waals surface area contributed by atoms with E-state index >= 15 is 0 Å². The van der Waals surface area contributed by atoms with Gasteiger partial charge in [0.05, 0.1) is 13.2 Å². The Morgan fingerprint density at radius 1 is 0.815 bits per heavy atom. The summed E-state index contributed by atoms with van der Waals surface area (Å²) in [4.78, 5) is 11.1. The minimum absolute atomic E-state index is 0.361. The normalized spacial score (nSPS) is 10.1. The van der Waals surface area contributed by atoms with Crippen molar-refractivity contribution in [3.8, 4) is 0 Å². The number of ether oxygens (including phenoxy) is 2. The van der Waals surface area contributed by atoms with E-state index in [1.165, 1.54) is 22.8 Å². The van der Waals surface area contributed by atoms with E-state index in [9.17, 15) is 4.79 Å². The fourth-order valence-corrected chi connectivity index (χ4v) is 2.71. The summed E-state index contributed by atoms with van der Waals surface area (Å²) in [5, 5.41) is 0. The maximum atomic E-state index is 11.1. The van der Waals surface area contributed by atoms with Crippen LogP contribution in [0.1, 0.15) is 22.3 Å². The highest BCUT2D eigenvalue weighted by Gasteiger charge is 2.02. The lowest BCUT2D eigenvalue weighted by atomic mass is 10.00. The summed E-state index contributed by atoms with van der Waals surface area (Å²) >= 11 is 0. The van der Waals surface area contributed by atoms with Crippen LogP contribution >= 0.6 is 0 Å². The van der Waals surface area contributed by atoms with E-state index in [0.717, 1.165) is 18.4 Å². The minimum Gasteiger partial charge on any atom is -0.494 e. The van der Waals surface area contributed by atoms with Crippen LogP contribution in [0.5, 0.6) is 0 Å². The van der Waals surface area contributed by atoms with Crippen molar-refractivity contribution in [2.24, 2.45) is 0 Å². The largest absolute Gasteiger partial charge is 0.494 e. The van der Waals surface area contributed by atoms with Crippen LogP contribution in [0, 0.1) is 0 Å². The van der Waals surface area contributed by atoms with Crippen LogP contribution in [-0.4, -0.2) is 19.2 Å². The number of hydrogen-bond acceptors (Lipinski definition) is 3. The van der Waals surface area contributed by atoms with Crippen LogP contribution < -0.4 is 0 Å². The summed E-state index contributed by atoms with van der Waals surface area (Å²) in [6.07, 6.45) is 5.17. The SMILES string of the molecule is C=CC(=C)OCCc1cccc(Cc2cccc(CCOC(=O)C=C)c2)c1. The standard InChI is InChI=1S/C24H26O3/c1-4-19(3)26-14-12-20-8-6-10-22(16-20)18-23-11-7-9-21(17-23)13-15-27-24(25)5-2/h4-11,16-17H,1-3,12-15,18H2. The fourth-order valence-electron chi connectivity index (χ4n) is 2.71. The van der Waals surface area contributed by atoms with Crippen molar-refractivity contribution in [1.82, 2.24) is 0 Å². The van der Waals surface area contributed by atoms with Gasteiger partial charge in [-0.2, -0.15) is 0 Å². The van der Waals surface area contributed by atoms with Gasteiger partial charge in [0.25, 0.3) is 0 Å². The molecule has 0 aromatic heterocycles. The molecule has 0 heterocycles. The lowest BCUT2D eigenvalue weighted by Gasteiger charge is -2.09. The molecule has 0 amide bonds. The zero-order valence-corrected chi connectivity index (χ0v) is 15.7. The fraction of sp³-hybridized carbons (Fsp3) is 0.208. The van der Waals surface area contributed by atoms with Gasteiger partial charge in [-0.25, -0.2) is 4.79 Å². The first kappa shape index (κ1) is 20.2. The van der Waals surface area contributed by atoms with Crippen molar-refractivity contribution in [2.45, 2.75) is 19.3 Å². The number of benzene rings is 2. The van der Waals surface area contributed by atoms with Gasteiger partial charge in [-0.1, -0.05) is 68.3 Å². The molecular formula is C24H26O3. The molecule has 0 atom stereocenters. The van der Waals surface area contributed by atoms with Crippen molar-refractivity contribution < 1.29 is 14.3 Å². The summed E-state index contributed by atoms with van der Waals surface area (Å²) in [7, 11) is 0. The van der Waals surface area contributed by atoms with E-state index in [1.807, 2.05) is 12.1 Å². The molecule has 0 fully saturated rings. The predicted octanol–water partition coefficient (Wildman–Crippen LogP) is 4.81. The predicted molar refractivity (Wildman–Crippen MR) is 110 cm³/mol. The molecule has 0 aliphatic carbocycles. The van der Waals surface area contributed by atoms with Gasteiger partial charge in [0.2, 0.25) is 0 Å². The number of rotatable bonds is 11. The highest BCUT2D eigenvalue weighted by molar-refractivity contribution is 5.81. The number of carbonyl (C=O) groups is 1. The van der Waals surface area contributed by atoms with Crippen LogP contribution in [0.2, 0.25) is 0 Å². The smallest absolute Gasteiger partial charge is 0.330 e. The molecule has 0 bridgehead atoms. The van der Waals surface area contributed by atoms with Crippen LogP contribution in [-0.2, 0) is 33.5 Å². The zero-order chi connectivity index (χ0) is 19.5. The zero-order valence-electron chi connectivity index (χ0n) is 15.7. The van der Waals surface area contributed by atoms with E-state index in [-0.39, 0.29) is 5.97 Å². The second-order valence-electron chi connectivity index (χ2n) is 6.21. The maximum absolute atomic E-state index is 11.1. The lowest BCUT2D eigenvalue weighted by Crippen LogP contribution is -2.04. The first-order valence-electron chi connectivity index (χ1n) is 8.99. The third-order valence-corrected chi connectivity index (χ3v) is 4.10. The van der Waals surface area contributed by atoms with E-state index in [1.54, 1.807) is 6.08 Å². The number of allylic oxidation sites excluding steroid dienone is 1. The molecule has 0 saturated heterocycles. The Bertz CT molecular complexity index is 737. The highest BCUT2D eigenvalue weighted by Crippen LogP contribution is 2.14. The summed E-state index contributed by atoms with van der Waals surface area (Å²) in [5.41, 5.74) is 4.87. The lowest BCUT2D eigenvalue weighted by molar-refractivity contribution is -0.137. The van der Waals surface area contributed by atoms with Crippen molar-refractivity contribution in [3.63, 3.8) is 0 Å². The average Bonchev–Trinajstić information content (AvgIpc) is 2.68. The maximum Gasteiger partial charge on any atom is 0.330 e. The third-order valence-electron chi connectivity index (χ3n) is 4.10. The Morgan fingerprint density at radius 2 is 1.33 bits per heavy atom. The summed E-state index contributed by atoms with van der Waals surface area (Å²) in [5.74, 6) is 0.213. The average molecular weight is 362 g/mol. The molecule has 0 radical (unpaired) electrons. The first-order chi connectivity index (χ1) is 13.1. The van der Waals surface area contributed by atoms with Crippen molar-refractivity contribution in [3.05, 3.63) is 108 Å². The Hall–Kier alpha value is -3.07. The van der Waals surface area contributed by atoms with Gasteiger partial charge in [0.1, 0.15) is 5.76 Å². The monoisotopic (exact) mass is 362 g/mol. The molecule has 27 heavy (non-hydrogen) atoms. The molecule has 2 aromatic rings. The molecule has 3 heteroatoms.